The molecule has 5 heteroatoms. The van der Waals surface area contributed by atoms with Crippen LogP contribution in [0, 0.1) is 17.3 Å². The summed E-state index contributed by atoms with van der Waals surface area (Å²) >= 11 is 0. The van der Waals surface area contributed by atoms with Gasteiger partial charge in [-0.1, -0.05) is 26.0 Å². The van der Waals surface area contributed by atoms with Gasteiger partial charge in [-0.2, -0.15) is 0 Å². The number of carbonyl (C=O) groups is 2. The zero-order chi connectivity index (χ0) is 18.3. The molecular formula is C21H24O5. The first-order valence-electron chi connectivity index (χ1n) is 9.62. The van der Waals surface area contributed by atoms with Gasteiger partial charge in [-0.25, -0.2) is 4.79 Å². The number of hydrogen-bond donors (Lipinski definition) is 1. The van der Waals surface area contributed by atoms with Crippen molar-refractivity contribution < 1.29 is 24.2 Å². The van der Waals surface area contributed by atoms with Crippen LogP contribution in [0.25, 0.3) is 0 Å². The molecule has 5 nitrogen and oxygen atoms in total. The SMILES string of the molecule is CC[C@@H](CO)C1=CC=C2[C@]3(O[C@H]3C[C@H]3C4=C(CC[C@]23C)C(=O)OC4)C1=O. The number of hydrogen-bond acceptors (Lipinski definition) is 5. The molecule has 1 N–H and O–H groups in total. The number of ketones is 1. The number of carbonyl (C=O) groups excluding carboxylic acids is 2. The van der Waals surface area contributed by atoms with E-state index in [0.717, 1.165) is 36.0 Å². The molecule has 0 unspecified atom stereocenters. The summed E-state index contributed by atoms with van der Waals surface area (Å²) in [6.45, 7) is 4.57. The van der Waals surface area contributed by atoms with E-state index in [1.807, 2.05) is 13.0 Å². The van der Waals surface area contributed by atoms with Crippen LogP contribution in [0.3, 0.4) is 0 Å². The van der Waals surface area contributed by atoms with Gasteiger partial charge in [0.15, 0.2) is 11.4 Å². The normalized spacial score (nSPS) is 41.3. The minimum Gasteiger partial charge on any atom is -0.458 e. The Kier molecular flexibility index (Phi) is 3.27. The molecule has 3 aliphatic carbocycles. The summed E-state index contributed by atoms with van der Waals surface area (Å²) in [5.74, 6) is -0.0574. The van der Waals surface area contributed by atoms with Gasteiger partial charge in [-0.05, 0) is 48.2 Å². The molecule has 138 valence electrons. The van der Waals surface area contributed by atoms with Crippen molar-refractivity contribution in [2.75, 3.05) is 13.2 Å². The number of Topliss-reactive ketones (excluding diaryl/α,β-unsaturated/α-hetero) is 1. The molecule has 1 saturated heterocycles. The van der Waals surface area contributed by atoms with E-state index < -0.39 is 5.60 Å². The minimum absolute atomic E-state index is 0.0203. The van der Waals surface area contributed by atoms with Crippen LogP contribution >= 0.6 is 0 Å². The molecule has 0 amide bonds. The Morgan fingerprint density at radius 1 is 1.35 bits per heavy atom. The van der Waals surface area contributed by atoms with Crippen molar-refractivity contribution >= 4 is 11.8 Å². The van der Waals surface area contributed by atoms with E-state index in [-0.39, 0.29) is 41.7 Å². The zero-order valence-corrected chi connectivity index (χ0v) is 15.2. The fourth-order valence-corrected chi connectivity index (χ4v) is 5.84. The van der Waals surface area contributed by atoms with E-state index in [4.69, 9.17) is 9.47 Å². The predicted octanol–water partition coefficient (Wildman–Crippen LogP) is 2.25. The van der Waals surface area contributed by atoms with Crippen molar-refractivity contribution in [1.29, 1.82) is 0 Å². The molecule has 5 atom stereocenters. The van der Waals surface area contributed by atoms with E-state index in [2.05, 4.69) is 13.0 Å². The quantitative estimate of drug-likeness (QED) is 0.620. The molecule has 5 rings (SSSR count). The van der Waals surface area contributed by atoms with E-state index in [1.54, 1.807) is 0 Å². The van der Waals surface area contributed by atoms with Crippen molar-refractivity contribution in [2.24, 2.45) is 17.3 Å². The van der Waals surface area contributed by atoms with Crippen molar-refractivity contribution in [2.45, 2.75) is 51.2 Å². The Labute approximate surface area is 152 Å². The first-order valence-corrected chi connectivity index (χ1v) is 9.62. The third-order valence-corrected chi connectivity index (χ3v) is 7.45. The van der Waals surface area contributed by atoms with Crippen molar-refractivity contribution in [3.63, 3.8) is 0 Å². The van der Waals surface area contributed by atoms with Gasteiger partial charge in [-0.15, -0.1) is 0 Å². The van der Waals surface area contributed by atoms with E-state index >= 15 is 0 Å². The van der Waals surface area contributed by atoms with Gasteiger partial charge in [0.05, 0.1) is 6.61 Å². The molecule has 0 bridgehead atoms. The lowest BCUT2D eigenvalue weighted by atomic mass is 9.52. The highest BCUT2D eigenvalue weighted by atomic mass is 16.6. The first kappa shape index (κ1) is 16.5. The lowest BCUT2D eigenvalue weighted by Gasteiger charge is -2.48. The molecule has 0 radical (unpaired) electrons. The van der Waals surface area contributed by atoms with Gasteiger partial charge in [0.1, 0.15) is 12.7 Å². The van der Waals surface area contributed by atoms with Gasteiger partial charge in [0.25, 0.3) is 0 Å². The van der Waals surface area contributed by atoms with Crippen LogP contribution in [-0.2, 0) is 19.1 Å². The average molecular weight is 356 g/mol. The second kappa shape index (κ2) is 5.17. The Bertz CT molecular complexity index is 814. The zero-order valence-electron chi connectivity index (χ0n) is 15.2. The highest BCUT2D eigenvalue weighted by Crippen LogP contribution is 2.67. The largest absolute Gasteiger partial charge is 0.458 e. The van der Waals surface area contributed by atoms with E-state index in [9.17, 15) is 14.7 Å². The number of allylic oxidation sites excluding steroid dienone is 2. The average Bonchev–Trinajstić information content (AvgIpc) is 3.23. The van der Waals surface area contributed by atoms with Crippen molar-refractivity contribution in [3.8, 4) is 0 Å². The maximum Gasteiger partial charge on any atom is 0.334 e. The van der Waals surface area contributed by atoms with Gasteiger partial charge < -0.3 is 14.6 Å². The summed E-state index contributed by atoms with van der Waals surface area (Å²) in [6.07, 6.45) is 6.89. The molecule has 2 heterocycles. The molecule has 0 aromatic carbocycles. The number of rotatable bonds is 3. The lowest BCUT2D eigenvalue weighted by Crippen LogP contribution is -2.50. The number of aliphatic hydroxyl groups is 1. The number of aliphatic hydroxyl groups excluding tert-OH is 1. The summed E-state index contributed by atoms with van der Waals surface area (Å²) in [5.41, 5.74) is 2.73. The van der Waals surface area contributed by atoms with E-state index in [1.165, 1.54) is 0 Å². The van der Waals surface area contributed by atoms with Gasteiger partial charge in [-0.3, -0.25) is 4.79 Å². The third kappa shape index (κ3) is 1.78. The lowest BCUT2D eigenvalue weighted by molar-refractivity contribution is -0.136. The van der Waals surface area contributed by atoms with Gasteiger partial charge >= 0.3 is 5.97 Å². The van der Waals surface area contributed by atoms with Crippen molar-refractivity contribution in [1.82, 2.24) is 0 Å². The van der Waals surface area contributed by atoms with Crippen LogP contribution in [0.15, 0.2) is 34.4 Å². The standard InChI is InChI=1S/C21H24O5/c1-3-11(9-22)12-4-5-16-20(2)7-6-13-14(10-25-19(13)24)15(20)8-17-21(16,26-17)18(12)23/h4-5,11,15,17,22H,3,6-10H2,1-2H3/t11-,15-,17-,20-,21+/m0/s1. The second-order valence-corrected chi connectivity index (χ2v) is 8.45. The van der Waals surface area contributed by atoms with Crippen LogP contribution in [0.5, 0.6) is 0 Å². The van der Waals surface area contributed by atoms with Crippen LogP contribution in [0.2, 0.25) is 0 Å². The smallest absolute Gasteiger partial charge is 0.334 e. The molecule has 2 aliphatic heterocycles. The number of epoxide rings is 1. The van der Waals surface area contributed by atoms with Gasteiger partial charge in [0.2, 0.25) is 0 Å². The molecule has 0 aromatic rings. The number of esters is 1. The maximum atomic E-state index is 13.3. The molecule has 5 aliphatic rings. The fourth-order valence-electron chi connectivity index (χ4n) is 5.84. The Hall–Kier alpha value is -1.72. The third-order valence-electron chi connectivity index (χ3n) is 7.45. The summed E-state index contributed by atoms with van der Waals surface area (Å²) in [4.78, 5) is 25.3. The predicted molar refractivity (Wildman–Crippen MR) is 93.1 cm³/mol. The van der Waals surface area contributed by atoms with Crippen molar-refractivity contribution in [3.05, 3.63) is 34.4 Å². The molecule has 26 heavy (non-hydrogen) atoms. The van der Waals surface area contributed by atoms with Gasteiger partial charge in [0, 0.05) is 17.1 Å². The fraction of sp³-hybridized carbons (Fsp3) is 0.619. The topological polar surface area (TPSA) is 76.1 Å². The molecular weight excluding hydrogens is 332 g/mol. The van der Waals surface area contributed by atoms with Crippen LogP contribution in [0.4, 0.5) is 0 Å². The second-order valence-electron chi connectivity index (χ2n) is 8.45. The Morgan fingerprint density at radius 2 is 2.15 bits per heavy atom. The van der Waals surface area contributed by atoms with Crippen LogP contribution in [0.1, 0.15) is 39.5 Å². The molecule has 0 aromatic heterocycles. The summed E-state index contributed by atoms with van der Waals surface area (Å²) < 4.78 is 11.4. The molecule has 1 saturated carbocycles. The minimum atomic E-state index is -0.820. The van der Waals surface area contributed by atoms with Crippen LogP contribution in [-0.4, -0.2) is 41.8 Å². The number of cyclic esters (lactones) is 1. The summed E-state index contributed by atoms with van der Waals surface area (Å²) in [5, 5.41) is 9.65. The summed E-state index contributed by atoms with van der Waals surface area (Å²) in [7, 11) is 0. The summed E-state index contributed by atoms with van der Waals surface area (Å²) in [6, 6.07) is 0. The van der Waals surface area contributed by atoms with E-state index in [0.29, 0.717) is 18.6 Å². The highest BCUT2D eigenvalue weighted by Gasteiger charge is 2.73. The Balaban J connectivity index is 1.60. The monoisotopic (exact) mass is 356 g/mol. The highest BCUT2D eigenvalue weighted by molar-refractivity contribution is 6.09. The molecule has 1 spiro atoms. The maximum absolute atomic E-state index is 13.3. The number of fused-ring (bicyclic) bond motifs is 3. The molecule has 2 fully saturated rings. The Morgan fingerprint density at radius 3 is 2.88 bits per heavy atom. The van der Waals surface area contributed by atoms with Crippen LogP contribution < -0.4 is 0 Å². The first-order chi connectivity index (χ1) is 12.5. The number of ether oxygens (including phenoxy) is 2.